The molecule has 9 heteroatoms. The number of halogens is 2. The van der Waals surface area contributed by atoms with Crippen molar-refractivity contribution in [2.45, 2.75) is 26.3 Å². The molecule has 0 unspecified atom stereocenters. The summed E-state index contributed by atoms with van der Waals surface area (Å²) in [6.45, 7) is 3.94. The molecule has 1 amide bonds. The number of ether oxygens (including phenoxy) is 1. The second kappa shape index (κ2) is 9.01. The van der Waals surface area contributed by atoms with E-state index < -0.39 is 33.6 Å². The van der Waals surface area contributed by atoms with Crippen LogP contribution >= 0.6 is 0 Å². The molecule has 0 saturated carbocycles. The fourth-order valence-electron chi connectivity index (χ4n) is 2.72. The van der Waals surface area contributed by atoms with Gasteiger partial charge in [-0.1, -0.05) is 6.92 Å². The van der Waals surface area contributed by atoms with Crippen molar-refractivity contribution in [3.05, 3.63) is 54.1 Å². The molecule has 28 heavy (non-hydrogen) atoms. The van der Waals surface area contributed by atoms with E-state index in [2.05, 4.69) is 5.32 Å². The van der Waals surface area contributed by atoms with Gasteiger partial charge in [0.25, 0.3) is 0 Å². The monoisotopic (exact) mass is 412 g/mol. The number of nitrogens with one attached hydrogen (secondary N) is 1. The van der Waals surface area contributed by atoms with Crippen molar-refractivity contribution in [3.63, 3.8) is 0 Å². The smallest absolute Gasteiger partial charge is 0.248 e. The zero-order valence-electron chi connectivity index (χ0n) is 15.8. The van der Waals surface area contributed by atoms with Gasteiger partial charge in [-0.2, -0.15) is 0 Å². The molecule has 1 N–H and O–H groups in total. The number of anilines is 2. The summed E-state index contributed by atoms with van der Waals surface area (Å²) in [7, 11) is -3.81. The third kappa shape index (κ3) is 5.19. The molecule has 0 aliphatic heterocycles. The summed E-state index contributed by atoms with van der Waals surface area (Å²) < 4.78 is 57.6. The summed E-state index contributed by atoms with van der Waals surface area (Å²) in [6.07, 6.45) is 1.16. The molecule has 0 spiro atoms. The Bertz CT molecular complexity index is 933. The first-order valence-electron chi connectivity index (χ1n) is 8.65. The topological polar surface area (TPSA) is 75.7 Å². The average molecular weight is 412 g/mol. The number of carbonyl (C=O) groups is 1. The fourth-order valence-corrected chi connectivity index (χ4v) is 3.93. The second-order valence-electron chi connectivity index (χ2n) is 6.03. The molecule has 0 heterocycles. The van der Waals surface area contributed by atoms with Gasteiger partial charge in [0.2, 0.25) is 15.9 Å². The Kier molecular flexibility index (Phi) is 6.95. The maximum absolute atomic E-state index is 13.4. The molecule has 152 valence electrons. The molecule has 0 saturated heterocycles. The quantitative estimate of drug-likeness (QED) is 0.720. The molecule has 0 radical (unpaired) electrons. The number of hydrogen-bond acceptors (Lipinski definition) is 4. The lowest BCUT2D eigenvalue weighted by molar-refractivity contribution is -0.117. The molecule has 0 fully saturated rings. The van der Waals surface area contributed by atoms with E-state index in [-0.39, 0.29) is 12.1 Å². The first kappa shape index (κ1) is 21.6. The second-order valence-corrected chi connectivity index (χ2v) is 7.89. The maximum atomic E-state index is 13.4. The van der Waals surface area contributed by atoms with Gasteiger partial charge in [0.05, 0.1) is 18.6 Å². The van der Waals surface area contributed by atoms with Gasteiger partial charge in [-0.25, -0.2) is 17.2 Å². The number of benzene rings is 2. The molecule has 2 aromatic rings. The summed E-state index contributed by atoms with van der Waals surface area (Å²) in [5, 5.41) is 2.44. The van der Waals surface area contributed by atoms with Crippen molar-refractivity contribution in [2.24, 2.45) is 0 Å². The van der Waals surface area contributed by atoms with Gasteiger partial charge in [0, 0.05) is 11.8 Å². The summed E-state index contributed by atoms with van der Waals surface area (Å²) in [6, 6.07) is 8.13. The van der Waals surface area contributed by atoms with E-state index in [0.29, 0.717) is 18.0 Å². The van der Waals surface area contributed by atoms with Gasteiger partial charge in [0.1, 0.15) is 11.8 Å². The van der Waals surface area contributed by atoms with E-state index >= 15 is 0 Å². The highest BCUT2D eigenvalue weighted by Gasteiger charge is 2.31. The lowest BCUT2D eigenvalue weighted by atomic mass is 10.1. The van der Waals surface area contributed by atoms with E-state index in [0.717, 1.165) is 22.7 Å². The average Bonchev–Trinajstić information content (AvgIpc) is 2.62. The van der Waals surface area contributed by atoms with Crippen LogP contribution in [-0.2, 0) is 14.8 Å². The van der Waals surface area contributed by atoms with Gasteiger partial charge in [-0.3, -0.25) is 9.10 Å². The number of nitrogens with zero attached hydrogens (tertiary/aromatic N) is 1. The van der Waals surface area contributed by atoms with E-state index in [1.54, 1.807) is 31.2 Å². The Balaban J connectivity index is 2.34. The number of carbonyl (C=O) groups excluding carboxylic acids is 1. The van der Waals surface area contributed by atoms with Gasteiger partial charge in [0.15, 0.2) is 11.6 Å². The van der Waals surface area contributed by atoms with Crippen LogP contribution in [0.5, 0.6) is 5.75 Å². The van der Waals surface area contributed by atoms with Gasteiger partial charge < -0.3 is 10.1 Å². The summed E-state index contributed by atoms with van der Waals surface area (Å²) in [5.41, 5.74) is 0.320. The van der Waals surface area contributed by atoms with Crippen LogP contribution in [-0.4, -0.2) is 33.2 Å². The molecule has 1 atom stereocenters. The summed E-state index contributed by atoms with van der Waals surface area (Å²) in [5.74, 6) is -2.25. The van der Waals surface area contributed by atoms with Crippen molar-refractivity contribution in [3.8, 4) is 5.75 Å². The molecular weight excluding hydrogens is 390 g/mol. The molecule has 2 rings (SSSR count). The van der Waals surface area contributed by atoms with Crippen molar-refractivity contribution in [1.29, 1.82) is 0 Å². The minimum absolute atomic E-state index is 0.0301. The molecular formula is C19H22F2N2O4S. The third-order valence-electron chi connectivity index (χ3n) is 3.92. The number of sulfonamides is 1. The third-order valence-corrected chi connectivity index (χ3v) is 5.10. The Morgan fingerprint density at radius 1 is 1.11 bits per heavy atom. The predicted molar refractivity (Wildman–Crippen MR) is 104 cm³/mol. The van der Waals surface area contributed by atoms with Crippen molar-refractivity contribution in [1.82, 2.24) is 0 Å². The van der Waals surface area contributed by atoms with Gasteiger partial charge in [-0.15, -0.1) is 0 Å². The van der Waals surface area contributed by atoms with Crippen LogP contribution in [0.2, 0.25) is 0 Å². The fraction of sp³-hybridized carbons (Fsp3) is 0.316. The number of amides is 1. The Hall–Kier alpha value is -2.68. The van der Waals surface area contributed by atoms with Crippen LogP contribution in [0.3, 0.4) is 0 Å². The van der Waals surface area contributed by atoms with E-state index in [9.17, 15) is 22.0 Å². The van der Waals surface area contributed by atoms with Crippen LogP contribution in [0.1, 0.15) is 20.3 Å². The maximum Gasteiger partial charge on any atom is 0.248 e. The largest absolute Gasteiger partial charge is 0.494 e. The van der Waals surface area contributed by atoms with Crippen LogP contribution in [0.4, 0.5) is 20.2 Å². The minimum atomic E-state index is -3.81. The van der Waals surface area contributed by atoms with Crippen LogP contribution in [0.15, 0.2) is 42.5 Å². The van der Waals surface area contributed by atoms with E-state index in [4.69, 9.17) is 4.74 Å². The predicted octanol–water partition coefficient (Wildman–Crippen LogP) is 3.55. The first-order valence-corrected chi connectivity index (χ1v) is 10.5. The van der Waals surface area contributed by atoms with Crippen LogP contribution in [0.25, 0.3) is 0 Å². The molecule has 2 aromatic carbocycles. The zero-order valence-corrected chi connectivity index (χ0v) is 16.6. The van der Waals surface area contributed by atoms with Gasteiger partial charge >= 0.3 is 0 Å². The van der Waals surface area contributed by atoms with Crippen molar-refractivity contribution < 1.29 is 26.7 Å². The SMILES string of the molecule is CCOc1ccc(N([C@H](CC)C(=O)Nc2ccc(F)c(F)c2)S(C)(=O)=O)cc1. The highest BCUT2D eigenvalue weighted by molar-refractivity contribution is 7.92. The molecule has 0 aliphatic rings. The molecule has 0 aliphatic carbocycles. The van der Waals surface area contributed by atoms with E-state index in [1.165, 1.54) is 6.07 Å². The lowest BCUT2D eigenvalue weighted by Gasteiger charge is -2.30. The van der Waals surface area contributed by atoms with Crippen molar-refractivity contribution >= 4 is 27.3 Å². The Morgan fingerprint density at radius 3 is 2.25 bits per heavy atom. The summed E-state index contributed by atoms with van der Waals surface area (Å²) >= 11 is 0. The Morgan fingerprint density at radius 2 is 1.75 bits per heavy atom. The highest BCUT2D eigenvalue weighted by Crippen LogP contribution is 2.26. The molecule has 6 nitrogen and oxygen atoms in total. The number of hydrogen-bond donors (Lipinski definition) is 1. The minimum Gasteiger partial charge on any atom is -0.494 e. The lowest BCUT2D eigenvalue weighted by Crippen LogP contribution is -2.47. The van der Waals surface area contributed by atoms with Gasteiger partial charge in [-0.05, 0) is 49.7 Å². The van der Waals surface area contributed by atoms with E-state index in [1.807, 2.05) is 6.92 Å². The first-order chi connectivity index (χ1) is 13.2. The summed E-state index contributed by atoms with van der Waals surface area (Å²) in [4.78, 5) is 12.7. The molecule has 0 bridgehead atoms. The molecule has 0 aromatic heterocycles. The highest BCUT2D eigenvalue weighted by atomic mass is 32.2. The Labute approximate surface area is 163 Å². The standard InChI is InChI=1S/C19H22F2N2O4S/c1-4-18(19(24)22-13-6-11-16(20)17(21)12-13)23(28(3,25)26)14-7-9-15(10-8-14)27-5-2/h6-12,18H,4-5H2,1-3H3,(H,22,24)/t18-/m1/s1. The van der Waals surface area contributed by atoms with Crippen molar-refractivity contribution in [2.75, 3.05) is 22.5 Å². The van der Waals surface area contributed by atoms with Crippen LogP contribution in [0, 0.1) is 11.6 Å². The van der Waals surface area contributed by atoms with Crippen LogP contribution < -0.4 is 14.4 Å². The normalized spacial score (nSPS) is 12.3. The number of rotatable bonds is 8. The zero-order chi connectivity index (χ0) is 20.9.